The Kier molecular flexibility index (Phi) is 18.2. The first-order valence-electron chi connectivity index (χ1n) is 20.5. The van der Waals surface area contributed by atoms with Crippen molar-refractivity contribution in [1.29, 1.82) is 0 Å². The van der Waals surface area contributed by atoms with E-state index in [2.05, 4.69) is 149 Å². The molecule has 0 amide bonds. The summed E-state index contributed by atoms with van der Waals surface area (Å²) in [5, 5.41) is 0. The molecule has 8 rings (SSSR count). The monoisotopic (exact) mass is 799 g/mol. The van der Waals surface area contributed by atoms with E-state index < -0.39 is 0 Å². The summed E-state index contributed by atoms with van der Waals surface area (Å²) >= 11 is 0. The summed E-state index contributed by atoms with van der Waals surface area (Å²) < 4.78 is 11.4. The summed E-state index contributed by atoms with van der Waals surface area (Å²) in [6.45, 7) is 24.0. The summed E-state index contributed by atoms with van der Waals surface area (Å²) in [6.07, 6.45) is 0. The fraction of sp³-hybridized carbons (Fsp3) is 0.276. The van der Waals surface area contributed by atoms with Gasteiger partial charge in [0.25, 0.3) is 0 Å². The van der Waals surface area contributed by atoms with Gasteiger partial charge in [-0.2, -0.15) is 0 Å². The van der Waals surface area contributed by atoms with Crippen LogP contribution in [0.3, 0.4) is 0 Å². The molecular formula is C58H70O2. The maximum absolute atomic E-state index is 5.71. The fourth-order valence-corrected chi connectivity index (χ4v) is 7.67. The maximum atomic E-state index is 5.71. The third-order valence-electron chi connectivity index (χ3n) is 10.8. The van der Waals surface area contributed by atoms with Gasteiger partial charge in [-0.05, 0) is 143 Å². The Balaban J connectivity index is 0.000000219. The smallest absolute Gasteiger partial charge is 0.127 e. The highest BCUT2D eigenvalue weighted by Crippen LogP contribution is 2.55. The molecule has 0 saturated carbocycles. The number of benzene rings is 7. The van der Waals surface area contributed by atoms with Crippen molar-refractivity contribution < 1.29 is 9.47 Å². The highest BCUT2D eigenvalue weighted by molar-refractivity contribution is 5.50. The quantitative estimate of drug-likeness (QED) is 0.173. The zero-order chi connectivity index (χ0) is 41.8. The zero-order valence-electron chi connectivity index (χ0n) is 36.6. The lowest BCUT2D eigenvalue weighted by molar-refractivity contribution is 0.411. The average molecular weight is 799 g/mol. The Labute approximate surface area is 364 Å². The number of ether oxygens (including phenoxy) is 2. The Hall–Kier alpha value is -5.86. The molecule has 314 valence electrons. The molecule has 0 spiro atoms. The molecule has 2 atom stereocenters. The predicted octanol–water partition coefficient (Wildman–Crippen LogP) is 17.2. The molecule has 1 aliphatic rings. The molecule has 0 N–H and O–H groups in total. The molecule has 2 unspecified atom stereocenters. The molecule has 0 bridgehead atoms. The summed E-state index contributed by atoms with van der Waals surface area (Å²) in [7, 11) is 0. The van der Waals surface area contributed by atoms with Gasteiger partial charge in [0.05, 0.1) is 0 Å². The maximum Gasteiger partial charge on any atom is 0.127 e. The summed E-state index contributed by atoms with van der Waals surface area (Å²) in [6, 6.07) is 56.8. The lowest BCUT2D eigenvalue weighted by atomic mass is 9.72. The van der Waals surface area contributed by atoms with Gasteiger partial charge in [-0.3, -0.25) is 0 Å². The van der Waals surface area contributed by atoms with Crippen molar-refractivity contribution in [3.05, 3.63) is 225 Å². The summed E-state index contributed by atoms with van der Waals surface area (Å²) in [5.41, 5.74) is 15.1. The molecule has 0 radical (unpaired) electrons. The first-order valence-corrected chi connectivity index (χ1v) is 20.5. The standard InChI is InChI=1S/C20H24.2C14H14O.C8H10.2CH4/c1-13-6-9-16(10-7-13)19-15(3)17-12-14(2)8-11-18(17)20(19,4)5;1-11-3-7-13(8-4-11)15-14-9-5-12(2)6-10-14;1-11-6-8-13(9-7-11)15-14-5-3-4-12(2)10-14;1-7-4-3-5-8(2)6-7;;/h6-12,15,19H,1-5H3;2*3-10H,1-2H3;3-6H,1-2H3;2*1H4. The third kappa shape index (κ3) is 13.9. The number of rotatable bonds is 5. The van der Waals surface area contributed by atoms with Crippen LogP contribution in [-0.4, -0.2) is 0 Å². The van der Waals surface area contributed by atoms with Gasteiger partial charge in [0.2, 0.25) is 0 Å². The van der Waals surface area contributed by atoms with E-state index in [1.807, 2.05) is 91.0 Å². The van der Waals surface area contributed by atoms with E-state index >= 15 is 0 Å². The van der Waals surface area contributed by atoms with Crippen molar-refractivity contribution in [3.8, 4) is 23.0 Å². The van der Waals surface area contributed by atoms with Gasteiger partial charge < -0.3 is 9.47 Å². The van der Waals surface area contributed by atoms with Gasteiger partial charge in [-0.1, -0.05) is 190 Å². The Morgan fingerprint density at radius 2 is 0.717 bits per heavy atom. The molecule has 0 fully saturated rings. The van der Waals surface area contributed by atoms with Crippen LogP contribution in [0.25, 0.3) is 0 Å². The predicted molar refractivity (Wildman–Crippen MR) is 261 cm³/mol. The largest absolute Gasteiger partial charge is 0.457 e. The average Bonchev–Trinajstić information content (AvgIpc) is 3.38. The molecule has 60 heavy (non-hydrogen) atoms. The second-order valence-corrected chi connectivity index (χ2v) is 16.6. The van der Waals surface area contributed by atoms with Crippen molar-refractivity contribution in [2.75, 3.05) is 0 Å². The lowest BCUT2D eigenvalue weighted by Gasteiger charge is -2.31. The van der Waals surface area contributed by atoms with Gasteiger partial charge in [-0.25, -0.2) is 0 Å². The molecular weight excluding hydrogens is 729 g/mol. The van der Waals surface area contributed by atoms with E-state index in [0.29, 0.717) is 11.8 Å². The minimum atomic E-state index is 0. The molecule has 7 aromatic carbocycles. The number of aryl methyl sites for hydroxylation is 8. The first kappa shape index (κ1) is 48.5. The normalized spacial score (nSPS) is 14.1. The van der Waals surface area contributed by atoms with E-state index in [1.54, 1.807) is 5.56 Å². The SMILES string of the molecule is C.C.Cc1ccc(C2C(C)c3cc(C)ccc3C2(C)C)cc1.Cc1ccc(Oc2ccc(C)cc2)cc1.Cc1ccc(Oc2cccc(C)c2)cc1.Cc1cccc(C)c1. The van der Waals surface area contributed by atoms with Gasteiger partial charge in [0.15, 0.2) is 0 Å². The van der Waals surface area contributed by atoms with Gasteiger partial charge >= 0.3 is 0 Å². The number of fused-ring (bicyclic) bond motifs is 1. The van der Waals surface area contributed by atoms with E-state index in [0.717, 1.165) is 23.0 Å². The van der Waals surface area contributed by atoms with Crippen LogP contribution >= 0.6 is 0 Å². The highest BCUT2D eigenvalue weighted by Gasteiger charge is 2.44. The number of hydrogen-bond donors (Lipinski definition) is 0. The topological polar surface area (TPSA) is 18.5 Å². The zero-order valence-corrected chi connectivity index (χ0v) is 36.6. The summed E-state index contributed by atoms with van der Waals surface area (Å²) in [5.74, 6) is 4.68. The first-order chi connectivity index (χ1) is 27.7. The fourth-order valence-electron chi connectivity index (χ4n) is 7.67. The summed E-state index contributed by atoms with van der Waals surface area (Å²) in [4.78, 5) is 0. The molecule has 2 heteroatoms. The Morgan fingerprint density at radius 1 is 0.367 bits per heavy atom. The molecule has 1 aliphatic carbocycles. The Morgan fingerprint density at radius 3 is 1.12 bits per heavy atom. The van der Waals surface area contributed by atoms with Crippen LogP contribution in [0, 0.1) is 55.4 Å². The number of hydrogen-bond acceptors (Lipinski definition) is 2. The molecule has 2 nitrogen and oxygen atoms in total. The van der Waals surface area contributed by atoms with Crippen molar-refractivity contribution >= 4 is 0 Å². The van der Waals surface area contributed by atoms with Gasteiger partial charge in [0.1, 0.15) is 23.0 Å². The molecule has 0 saturated heterocycles. The van der Waals surface area contributed by atoms with Crippen LogP contribution < -0.4 is 9.47 Å². The van der Waals surface area contributed by atoms with Crippen LogP contribution in [0.2, 0.25) is 0 Å². The lowest BCUT2D eigenvalue weighted by Crippen LogP contribution is -2.23. The van der Waals surface area contributed by atoms with Crippen LogP contribution in [0.1, 0.15) is 109 Å². The Bertz CT molecular complexity index is 2270. The minimum Gasteiger partial charge on any atom is -0.457 e. The van der Waals surface area contributed by atoms with E-state index in [9.17, 15) is 0 Å². The van der Waals surface area contributed by atoms with Crippen LogP contribution in [-0.2, 0) is 5.41 Å². The van der Waals surface area contributed by atoms with Crippen LogP contribution in [0.5, 0.6) is 23.0 Å². The van der Waals surface area contributed by atoms with Crippen molar-refractivity contribution in [2.45, 2.75) is 108 Å². The van der Waals surface area contributed by atoms with Crippen molar-refractivity contribution in [2.24, 2.45) is 0 Å². The molecule has 0 heterocycles. The molecule has 0 aromatic heterocycles. The highest BCUT2D eigenvalue weighted by atomic mass is 16.5. The van der Waals surface area contributed by atoms with Gasteiger partial charge in [0, 0.05) is 0 Å². The third-order valence-corrected chi connectivity index (χ3v) is 10.8. The van der Waals surface area contributed by atoms with Crippen LogP contribution in [0.15, 0.2) is 164 Å². The van der Waals surface area contributed by atoms with E-state index in [1.165, 1.54) is 55.6 Å². The van der Waals surface area contributed by atoms with Crippen molar-refractivity contribution in [1.82, 2.24) is 0 Å². The van der Waals surface area contributed by atoms with Crippen molar-refractivity contribution in [3.63, 3.8) is 0 Å². The molecule has 7 aromatic rings. The van der Waals surface area contributed by atoms with E-state index in [-0.39, 0.29) is 20.3 Å². The molecule has 0 aliphatic heterocycles. The van der Waals surface area contributed by atoms with Gasteiger partial charge in [-0.15, -0.1) is 0 Å². The minimum absolute atomic E-state index is 0. The second kappa shape index (κ2) is 22.5. The second-order valence-electron chi connectivity index (χ2n) is 16.6. The van der Waals surface area contributed by atoms with Crippen LogP contribution in [0.4, 0.5) is 0 Å². The van der Waals surface area contributed by atoms with E-state index in [4.69, 9.17) is 9.47 Å².